The number of hydrogen-bond acceptors (Lipinski definition) is 3. The molecule has 4 heteroatoms. The van der Waals surface area contributed by atoms with Crippen molar-refractivity contribution >= 4 is 17.4 Å². The number of likely N-dealkylation sites (tertiary alicyclic amines) is 1. The van der Waals surface area contributed by atoms with Crippen molar-refractivity contribution in [3.8, 4) is 0 Å². The van der Waals surface area contributed by atoms with Crippen LogP contribution in [0.1, 0.15) is 28.3 Å². The second-order valence-corrected chi connectivity index (χ2v) is 6.52. The van der Waals surface area contributed by atoms with Crippen LogP contribution in [0.25, 0.3) is 5.76 Å². The third kappa shape index (κ3) is 3.06. The molecule has 0 radical (unpaired) electrons. The summed E-state index contributed by atoms with van der Waals surface area (Å²) in [4.78, 5) is 26.7. The van der Waals surface area contributed by atoms with Gasteiger partial charge in [-0.15, -0.1) is 6.58 Å². The number of Topliss-reactive ketones (excluding diaryl/α,β-unsaturated/α-hetero) is 1. The van der Waals surface area contributed by atoms with Crippen molar-refractivity contribution in [2.24, 2.45) is 0 Å². The van der Waals surface area contributed by atoms with Crippen LogP contribution in [-0.2, 0) is 9.59 Å². The fourth-order valence-electron chi connectivity index (χ4n) is 3.17. The van der Waals surface area contributed by atoms with Gasteiger partial charge in [-0.25, -0.2) is 0 Å². The van der Waals surface area contributed by atoms with E-state index in [4.69, 9.17) is 0 Å². The van der Waals surface area contributed by atoms with Gasteiger partial charge in [0, 0.05) is 12.1 Å². The molecule has 1 heterocycles. The normalized spacial score (nSPS) is 19.0. The number of carbonyl (C=O) groups excluding carboxylic acids is 2. The van der Waals surface area contributed by atoms with Crippen molar-refractivity contribution < 1.29 is 14.7 Å². The predicted molar refractivity (Wildman–Crippen MR) is 102 cm³/mol. The smallest absolute Gasteiger partial charge is 0.295 e. The molecule has 0 aromatic heterocycles. The number of nitrogens with zero attached hydrogens (tertiary/aromatic N) is 1. The Bertz CT molecular complexity index is 892. The van der Waals surface area contributed by atoms with E-state index in [1.807, 2.05) is 50.2 Å². The van der Waals surface area contributed by atoms with Crippen LogP contribution < -0.4 is 0 Å². The van der Waals surface area contributed by atoms with Crippen LogP contribution in [0.5, 0.6) is 0 Å². The van der Waals surface area contributed by atoms with Gasteiger partial charge in [-0.1, -0.05) is 65.7 Å². The van der Waals surface area contributed by atoms with Crippen molar-refractivity contribution in [2.75, 3.05) is 6.54 Å². The van der Waals surface area contributed by atoms with Gasteiger partial charge in [-0.05, 0) is 19.4 Å². The Kier molecular flexibility index (Phi) is 4.76. The van der Waals surface area contributed by atoms with E-state index in [9.17, 15) is 14.7 Å². The Balaban J connectivity index is 2.18. The Labute approximate surface area is 153 Å². The number of carbonyl (C=O) groups is 2. The first-order valence-electron chi connectivity index (χ1n) is 8.47. The molecule has 1 amide bonds. The third-order valence-corrected chi connectivity index (χ3v) is 4.58. The molecular weight excluding hydrogens is 326 g/mol. The summed E-state index contributed by atoms with van der Waals surface area (Å²) in [5.41, 5.74) is 3.54. The minimum atomic E-state index is -0.671. The number of rotatable bonds is 4. The van der Waals surface area contributed by atoms with E-state index in [2.05, 4.69) is 6.58 Å². The lowest BCUT2D eigenvalue weighted by Crippen LogP contribution is -2.29. The highest BCUT2D eigenvalue weighted by Gasteiger charge is 2.45. The van der Waals surface area contributed by atoms with Gasteiger partial charge < -0.3 is 10.0 Å². The summed E-state index contributed by atoms with van der Waals surface area (Å²) in [5, 5.41) is 10.8. The molecule has 0 saturated carbocycles. The maximum atomic E-state index is 12.7. The number of amides is 1. The molecule has 132 valence electrons. The first-order valence-corrected chi connectivity index (χ1v) is 8.47. The van der Waals surface area contributed by atoms with Crippen molar-refractivity contribution in [3.63, 3.8) is 0 Å². The molecule has 0 spiro atoms. The number of aliphatic hydroxyl groups is 1. The quantitative estimate of drug-likeness (QED) is 0.395. The van der Waals surface area contributed by atoms with Crippen LogP contribution in [-0.4, -0.2) is 28.2 Å². The Morgan fingerprint density at radius 2 is 1.58 bits per heavy atom. The number of aliphatic hydroxyl groups excluding tert-OH is 1. The minimum absolute atomic E-state index is 0.115. The van der Waals surface area contributed by atoms with Gasteiger partial charge >= 0.3 is 0 Å². The van der Waals surface area contributed by atoms with E-state index in [0.29, 0.717) is 5.56 Å². The summed E-state index contributed by atoms with van der Waals surface area (Å²) in [6, 6.07) is 14.2. The highest BCUT2D eigenvalue weighted by molar-refractivity contribution is 6.46. The molecule has 1 unspecified atom stereocenters. The summed E-state index contributed by atoms with van der Waals surface area (Å²) < 4.78 is 0. The Hall–Kier alpha value is -3.14. The molecule has 2 aromatic rings. The molecule has 4 nitrogen and oxygen atoms in total. The maximum Gasteiger partial charge on any atom is 0.295 e. The standard InChI is InChI=1S/C22H21NO3/c1-4-13-23-19(16-9-5-14(2)6-10-16)18(21(25)22(23)26)20(24)17-11-7-15(3)8-12-17/h4-12,19,24H,1,13H2,2-3H3/b20-18-. The molecule has 26 heavy (non-hydrogen) atoms. The van der Waals surface area contributed by atoms with E-state index in [1.54, 1.807) is 18.2 Å². The molecule has 1 atom stereocenters. The third-order valence-electron chi connectivity index (χ3n) is 4.58. The second kappa shape index (κ2) is 7.00. The van der Waals surface area contributed by atoms with E-state index < -0.39 is 17.7 Å². The van der Waals surface area contributed by atoms with Crippen molar-refractivity contribution in [1.82, 2.24) is 4.90 Å². The molecule has 1 aliphatic heterocycles. The minimum Gasteiger partial charge on any atom is -0.507 e. The SMILES string of the molecule is C=CCN1C(=O)C(=O)/C(=C(\O)c2ccc(C)cc2)C1c1ccc(C)cc1. The second-order valence-electron chi connectivity index (χ2n) is 6.52. The fraction of sp³-hybridized carbons (Fsp3) is 0.182. The van der Waals surface area contributed by atoms with Crippen LogP contribution in [0.3, 0.4) is 0 Å². The van der Waals surface area contributed by atoms with Gasteiger partial charge in [-0.2, -0.15) is 0 Å². The Morgan fingerprint density at radius 3 is 2.12 bits per heavy atom. The molecule has 1 N–H and O–H groups in total. The van der Waals surface area contributed by atoms with Gasteiger partial charge in [0.15, 0.2) is 0 Å². The predicted octanol–water partition coefficient (Wildman–Crippen LogP) is 3.91. The maximum absolute atomic E-state index is 12.7. The lowest BCUT2D eigenvalue weighted by atomic mass is 9.94. The van der Waals surface area contributed by atoms with Gasteiger partial charge in [0.25, 0.3) is 11.7 Å². The van der Waals surface area contributed by atoms with Crippen LogP contribution >= 0.6 is 0 Å². The van der Waals surface area contributed by atoms with Gasteiger partial charge in [0.05, 0.1) is 11.6 Å². The molecule has 1 saturated heterocycles. The van der Waals surface area contributed by atoms with Crippen molar-refractivity contribution in [1.29, 1.82) is 0 Å². The number of hydrogen-bond donors (Lipinski definition) is 1. The lowest BCUT2D eigenvalue weighted by molar-refractivity contribution is -0.139. The van der Waals surface area contributed by atoms with Crippen LogP contribution in [0.4, 0.5) is 0 Å². The summed E-state index contributed by atoms with van der Waals surface area (Å²) in [6.07, 6.45) is 1.58. The fourth-order valence-corrected chi connectivity index (χ4v) is 3.17. The summed E-state index contributed by atoms with van der Waals surface area (Å²) in [5.74, 6) is -1.44. The van der Waals surface area contributed by atoms with E-state index in [-0.39, 0.29) is 17.9 Å². The molecule has 1 fully saturated rings. The van der Waals surface area contributed by atoms with E-state index >= 15 is 0 Å². The highest BCUT2D eigenvalue weighted by atomic mass is 16.3. The van der Waals surface area contributed by atoms with Gasteiger partial charge in [0.2, 0.25) is 0 Å². The molecule has 0 aliphatic carbocycles. The van der Waals surface area contributed by atoms with Crippen LogP contribution in [0.15, 0.2) is 66.8 Å². The molecule has 0 bridgehead atoms. The first kappa shape index (κ1) is 17.7. The number of benzene rings is 2. The number of aryl methyl sites for hydroxylation is 2. The van der Waals surface area contributed by atoms with Crippen molar-refractivity contribution in [2.45, 2.75) is 19.9 Å². The lowest BCUT2D eigenvalue weighted by Gasteiger charge is -2.24. The summed E-state index contributed by atoms with van der Waals surface area (Å²) in [6.45, 7) is 7.82. The number of ketones is 1. The van der Waals surface area contributed by atoms with E-state index in [1.165, 1.54) is 4.90 Å². The van der Waals surface area contributed by atoms with E-state index in [0.717, 1.165) is 16.7 Å². The molecule has 1 aliphatic rings. The van der Waals surface area contributed by atoms with Crippen LogP contribution in [0.2, 0.25) is 0 Å². The van der Waals surface area contributed by atoms with Gasteiger partial charge in [-0.3, -0.25) is 9.59 Å². The topological polar surface area (TPSA) is 57.6 Å². The monoisotopic (exact) mass is 347 g/mol. The molecular formula is C22H21NO3. The zero-order chi connectivity index (χ0) is 18.8. The van der Waals surface area contributed by atoms with Crippen molar-refractivity contribution in [3.05, 3.63) is 89.0 Å². The van der Waals surface area contributed by atoms with Crippen LogP contribution in [0, 0.1) is 13.8 Å². The Morgan fingerprint density at radius 1 is 1.04 bits per heavy atom. The zero-order valence-electron chi connectivity index (χ0n) is 14.9. The highest BCUT2D eigenvalue weighted by Crippen LogP contribution is 2.39. The molecule has 3 rings (SSSR count). The largest absolute Gasteiger partial charge is 0.507 e. The zero-order valence-corrected chi connectivity index (χ0v) is 14.9. The summed E-state index contributed by atoms with van der Waals surface area (Å²) >= 11 is 0. The average Bonchev–Trinajstić information content (AvgIpc) is 2.88. The summed E-state index contributed by atoms with van der Waals surface area (Å²) in [7, 11) is 0. The average molecular weight is 347 g/mol. The molecule has 2 aromatic carbocycles. The first-order chi connectivity index (χ1) is 12.4. The van der Waals surface area contributed by atoms with Gasteiger partial charge in [0.1, 0.15) is 5.76 Å².